The Balaban J connectivity index is 0.712. The van der Waals surface area contributed by atoms with Crippen molar-refractivity contribution in [2.75, 3.05) is 74.6 Å². The quantitative estimate of drug-likeness (QED) is 0.152. The fraction of sp³-hybridized carbons (Fsp3) is 0.596. The van der Waals surface area contributed by atoms with Crippen LogP contribution in [0.25, 0.3) is 22.3 Å². The third-order valence-corrected chi connectivity index (χ3v) is 18.2. The largest absolute Gasteiger partial charge is 0.379 e. The highest BCUT2D eigenvalue weighted by atomic mass is 16.5. The minimum Gasteiger partial charge on any atom is -0.379 e. The number of rotatable bonds is 11. The van der Waals surface area contributed by atoms with E-state index in [1.165, 1.54) is 19.3 Å². The number of carbonyl (C=O) groups excluding carboxylic acids is 5. The number of likely N-dealkylation sites (tertiary alicyclic amines) is 3. The Kier molecular flexibility index (Phi) is 12.8. The number of hydrogen-bond acceptors (Lipinski definition) is 11. The van der Waals surface area contributed by atoms with Gasteiger partial charge in [-0.2, -0.15) is 0 Å². The second-order valence-electron chi connectivity index (χ2n) is 22.9. The Morgan fingerprint density at radius 2 is 1.56 bits per heavy atom. The number of pyridine rings is 1. The summed E-state index contributed by atoms with van der Waals surface area (Å²) in [6.45, 7) is 9.99. The fourth-order valence-electron chi connectivity index (χ4n) is 13.6. The average Bonchev–Trinajstić information content (AvgIpc) is 4.07. The van der Waals surface area contributed by atoms with Gasteiger partial charge in [0.05, 0.1) is 40.9 Å². The summed E-state index contributed by atoms with van der Waals surface area (Å²) in [4.78, 5) is 89.1. The number of amides is 5. The number of anilines is 3. The summed E-state index contributed by atoms with van der Waals surface area (Å²) in [6, 6.07) is 18.0. The van der Waals surface area contributed by atoms with Gasteiger partial charge in [0, 0.05) is 99.8 Å². The molecule has 5 amide bonds. The molecule has 1 spiro atoms. The lowest BCUT2D eigenvalue weighted by Gasteiger charge is -2.48. The number of ether oxygens (including phenoxy) is 1. The van der Waals surface area contributed by atoms with Gasteiger partial charge >= 0.3 is 0 Å². The number of piperidine rings is 5. The number of nitrogens with one attached hydrogen (secondary N) is 2. The van der Waals surface area contributed by atoms with Crippen molar-refractivity contribution in [3.8, 4) is 11.3 Å². The van der Waals surface area contributed by atoms with Crippen molar-refractivity contribution in [1.29, 1.82) is 0 Å². The molecule has 5 saturated heterocycles. The first-order valence-electron chi connectivity index (χ1n) is 27.6. The fourth-order valence-corrected chi connectivity index (χ4v) is 13.6. The van der Waals surface area contributed by atoms with E-state index < -0.39 is 11.5 Å². The average molecular weight is 993 g/mol. The minimum atomic E-state index is -0.710. The maximum absolute atomic E-state index is 15.3. The molecule has 4 aromatic rings. The van der Waals surface area contributed by atoms with Crippen LogP contribution in [0.2, 0.25) is 0 Å². The van der Waals surface area contributed by atoms with Crippen LogP contribution < -0.4 is 20.4 Å². The van der Waals surface area contributed by atoms with E-state index in [1.807, 2.05) is 40.4 Å². The highest BCUT2D eigenvalue weighted by Crippen LogP contribution is 2.52. The van der Waals surface area contributed by atoms with Crippen LogP contribution in [-0.4, -0.2) is 142 Å². The maximum Gasteiger partial charge on any atom is 0.238 e. The molecule has 12 rings (SSSR count). The second-order valence-corrected chi connectivity index (χ2v) is 22.9. The van der Waals surface area contributed by atoms with E-state index in [4.69, 9.17) is 14.7 Å². The zero-order valence-corrected chi connectivity index (χ0v) is 42.9. The standard InChI is InChI=1S/C57H72N10O6/c1-35(2)66-34-58-47-32-46(60-52(51(47)66)59-39-10-11-39)38-9-15-45-48(29-38)67(42-30-41(31-42)62-22-5-4-6-23-62)56(72)57(45)20-27-64(28-21-57)55(71)44-19-26-65(33-49(44)73-3)54(70)37-17-24-63(25-18-37)40-12-7-36(8-13-40)43-14-16-50(68)61-53(43)69/h7-9,12-13,15,29,32,34-35,37,39,41-44,49H,4-6,10-11,14,16-28,30-31,33H2,1-3H3,(H,59,60)(H,61,68,69)/t41-,42+,43?,44?,49?. The van der Waals surface area contributed by atoms with Crippen LogP contribution in [0.5, 0.6) is 0 Å². The van der Waals surface area contributed by atoms with Crippen LogP contribution in [-0.2, 0) is 34.1 Å². The van der Waals surface area contributed by atoms with Gasteiger partial charge in [-0.05, 0) is 139 Å². The number of benzene rings is 2. The van der Waals surface area contributed by atoms with Gasteiger partial charge in [0.25, 0.3) is 0 Å². The van der Waals surface area contributed by atoms with Gasteiger partial charge in [-0.25, -0.2) is 9.97 Å². The Morgan fingerprint density at radius 1 is 0.808 bits per heavy atom. The van der Waals surface area contributed by atoms with E-state index in [0.29, 0.717) is 70.4 Å². The van der Waals surface area contributed by atoms with Crippen molar-refractivity contribution in [2.24, 2.45) is 11.8 Å². The summed E-state index contributed by atoms with van der Waals surface area (Å²) < 4.78 is 8.23. The van der Waals surface area contributed by atoms with E-state index in [9.17, 15) is 19.2 Å². The Morgan fingerprint density at radius 3 is 2.26 bits per heavy atom. The molecule has 16 heteroatoms. The zero-order chi connectivity index (χ0) is 50.1. The van der Waals surface area contributed by atoms with Gasteiger partial charge in [-0.1, -0.05) is 30.7 Å². The van der Waals surface area contributed by atoms with Crippen molar-refractivity contribution in [2.45, 2.75) is 145 Å². The van der Waals surface area contributed by atoms with Crippen molar-refractivity contribution < 1.29 is 28.7 Å². The molecule has 386 valence electrons. The molecular weight excluding hydrogens is 921 g/mol. The van der Waals surface area contributed by atoms with Crippen molar-refractivity contribution >= 4 is 57.8 Å². The molecule has 73 heavy (non-hydrogen) atoms. The molecule has 2 aliphatic carbocycles. The van der Waals surface area contributed by atoms with Crippen LogP contribution in [0.3, 0.4) is 0 Å². The number of imide groups is 1. The van der Waals surface area contributed by atoms with Gasteiger partial charge < -0.3 is 39.1 Å². The summed E-state index contributed by atoms with van der Waals surface area (Å²) in [7, 11) is 1.65. The summed E-state index contributed by atoms with van der Waals surface area (Å²) in [5.41, 5.74) is 7.09. The molecule has 2 aromatic heterocycles. The molecule has 2 aromatic carbocycles. The zero-order valence-electron chi connectivity index (χ0n) is 42.9. The number of nitrogens with zero attached hydrogens (tertiary/aromatic N) is 8. The summed E-state index contributed by atoms with van der Waals surface area (Å²) in [5.74, 6) is 0.0103. The number of hydrogen-bond donors (Lipinski definition) is 2. The van der Waals surface area contributed by atoms with Gasteiger partial charge in [-0.3, -0.25) is 29.3 Å². The van der Waals surface area contributed by atoms with Crippen molar-refractivity contribution in [3.63, 3.8) is 0 Å². The van der Waals surface area contributed by atoms with E-state index in [1.54, 1.807) is 7.11 Å². The van der Waals surface area contributed by atoms with Crippen LogP contribution in [0.15, 0.2) is 54.9 Å². The predicted octanol–water partition coefficient (Wildman–Crippen LogP) is 6.78. The normalized spacial score (nSPS) is 26.9. The number of carbonyl (C=O) groups is 5. The molecule has 8 aliphatic rings. The minimum absolute atomic E-state index is 0.0592. The Labute approximate surface area is 428 Å². The van der Waals surface area contributed by atoms with Crippen LogP contribution >= 0.6 is 0 Å². The highest BCUT2D eigenvalue weighted by Gasteiger charge is 2.56. The first-order chi connectivity index (χ1) is 35.5. The highest BCUT2D eigenvalue weighted by molar-refractivity contribution is 6.09. The van der Waals surface area contributed by atoms with Crippen LogP contribution in [0, 0.1) is 11.8 Å². The van der Waals surface area contributed by atoms with E-state index in [-0.39, 0.29) is 59.4 Å². The second kappa shape index (κ2) is 19.4. The Hall–Kier alpha value is -5.87. The summed E-state index contributed by atoms with van der Waals surface area (Å²) >= 11 is 0. The molecule has 2 saturated carbocycles. The molecule has 7 fully saturated rings. The number of fused-ring (bicyclic) bond motifs is 3. The molecular formula is C57H72N10O6. The summed E-state index contributed by atoms with van der Waals surface area (Å²) in [5, 5.41) is 6.16. The van der Waals surface area contributed by atoms with Gasteiger partial charge in [-0.15, -0.1) is 0 Å². The van der Waals surface area contributed by atoms with Gasteiger partial charge in [0.1, 0.15) is 5.52 Å². The predicted molar refractivity (Wildman–Crippen MR) is 279 cm³/mol. The lowest BCUT2D eigenvalue weighted by molar-refractivity contribution is -0.152. The van der Waals surface area contributed by atoms with Gasteiger partial charge in [0.15, 0.2) is 5.82 Å². The lowest BCUT2D eigenvalue weighted by atomic mass is 9.73. The topological polar surface area (TPSA) is 166 Å². The van der Waals surface area contributed by atoms with E-state index in [2.05, 4.69) is 68.0 Å². The van der Waals surface area contributed by atoms with E-state index in [0.717, 1.165) is 115 Å². The summed E-state index contributed by atoms with van der Waals surface area (Å²) in [6.07, 6.45) is 13.5. The number of methoxy groups -OCH3 is 1. The van der Waals surface area contributed by atoms with E-state index >= 15 is 4.79 Å². The third-order valence-electron chi connectivity index (χ3n) is 18.2. The molecule has 8 heterocycles. The lowest BCUT2D eigenvalue weighted by Crippen LogP contribution is -2.59. The van der Waals surface area contributed by atoms with Crippen LogP contribution in [0.1, 0.15) is 127 Å². The van der Waals surface area contributed by atoms with Crippen molar-refractivity contribution in [1.82, 2.24) is 34.6 Å². The molecule has 0 bridgehead atoms. The Bertz CT molecular complexity index is 2780. The van der Waals surface area contributed by atoms with Gasteiger partial charge in [0.2, 0.25) is 29.5 Å². The first kappa shape index (κ1) is 48.1. The third kappa shape index (κ3) is 8.87. The SMILES string of the molecule is COC1CN(C(=O)C2CCN(c3ccc(C4CCC(=O)NC4=O)cc3)CC2)CCC1C(=O)N1CCC2(CC1)C(=O)N([C@H]1C[C@@H](N3CCCCC3)C1)c1cc(-c3cc4ncn(C(C)C)c4c(NC4CC4)n3)ccc12. The number of aromatic nitrogens is 3. The molecule has 3 atom stereocenters. The van der Waals surface area contributed by atoms with Crippen LogP contribution in [0.4, 0.5) is 17.2 Å². The molecule has 0 radical (unpaired) electrons. The monoisotopic (exact) mass is 993 g/mol. The maximum atomic E-state index is 15.3. The molecule has 2 N–H and O–H groups in total. The smallest absolute Gasteiger partial charge is 0.238 e. The number of imidazole rings is 1. The molecule has 3 unspecified atom stereocenters. The molecule has 16 nitrogen and oxygen atoms in total. The van der Waals surface area contributed by atoms with Crippen molar-refractivity contribution in [3.05, 3.63) is 66.0 Å². The molecule has 6 aliphatic heterocycles. The first-order valence-corrected chi connectivity index (χ1v) is 27.6.